The molecule has 2 N–H and O–H groups in total. The number of H-pyrrole nitrogens is 1. The van der Waals surface area contributed by atoms with Gasteiger partial charge in [-0.1, -0.05) is 0 Å². The van der Waals surface area contributed by atoms with Crippen LogP contribution in [0.5, 0.6) is 0 Å². The third kappa shape index (κ3) is 3.30. The number of aromatic amines is 1. The molecule has 1 aliphatic heterocycles. The third-order valence-electron chi connectivity index (χ3n) is 3.95. The summed E-state index contributed by atoms with van der Waals surface area (Å²) in [6, 6.07) is 0. The second-order valence-electron chi connectivity index (χ2n) is 5.56. The minimum Gasteiger partial charge on any atom is -0.341 e. The molecular weight excluding hydrogens is 278 g/mol. The van der Waals surface area contributed by atoms with Crippen LogP contribution in [0.15, 0.2) is 0 Å². The van der Waals surface area contributed by atoms with Gasteiger partial charge in [-0.3, -0.25) is 9.89 Å². The van der Waals surface area contributed by atoms with E-state index in [1.165, 1.54) is 12.8 Å². The van der Waals surface area contributed by atoms with Crippen LogP contribution in [0, 0.1) is 0 Å². The zero-order chi connectivity index (χ0) is 13.2. The minimum absolute atomic E-state index is 0. The van der Waals surface area contributed by atoms with Crippen LogP contribution in [0.1, 0.15) is 49.2 Å². The number of carbonyl (C=O) groups is 1. The highest BCUT2D eigenvalue weighted by Crippen LogP contribution is 2.38. The fourth-order valence-corrected chi connectivity index (χ4v) is 2.69. The number of likely N-dealkylation sites (N-methyl/N-ethyl adjacent to an activating group) is 1. The fraction of sp³-hybridized carbons (Fsp3) is 0.769. The molecule has 1 amide bonds. The number of hydrogen-bond acceptors (Lipinski definition) is 4. The van der Waals surface area contributed by atoms with Crippen LogP contribution in [0.2, 0.25) is 0 Å². The number of aromatic nitrogens is 3. The summed E-state index contributed by atoms with van der Waals surface area (Å²) in [6.07, 6.45) is 4.57. The van der Waals surface area contributed by atoms with E-state index in [2.05, 4.69) is 20.5 Å². The van der Waals surface area contributed by atoms with E-state index in [-0.39, 0.29) is 18.3 Å². The molecule has 7 heteroatoms. The normalized spacial score (nSPS) is 22.4. The van der Waals surface area contributed by atoms with Gasteiger partial charge >= 0.3 is 0 Å². The summed E-state index contributed by atoms with van der Waals surface area (Å²) >= 11 is 0. The molecule has 112 valence electrons. The Balaban J connectivity index is 0.00000147. The summed E-state index contributed by atoms with van der Waals surface area (Å²) in [5.41, 5.74) is 0. The SMILES string of the molecule is CNCC(=O)N1CCCC(c2n[nH]c(C3CC3)n2)C1.Cl. The predicted molar refractivity (Wildman–Crippen MR) is 78.1 cm³/mol. The highest BCUT2D eigenvalue weighted by atomic mass is 35.5. The molecule has 1 saturated carbocycles. The zero-order valence-electron chi connectivity index (χ0n) is 11.8. The smallest absolute Gasteiger partial charge is 0.236 e. The zero-order valence-corrected chi connectivity index (χ0v) is 12.6. The van der Waals surface area contributed by atoms with Gasteiger partial charge in [0.2, 0.25) is 5.91 Å². The molecule has 3 rings (SSSR count). The third-order valence-corrected chi connectivity index (χ3v) is 3.95. The molecule has 2 fully saturated rings. The minimum atomic E-state index is 0. The molecule has 1 aromatic rings. The number of hydrogen-bond donors (Lipinski definition) is 2. The maximum Gasteiger partial charge on any atom is 0.236 e. The van der Waals surface area contributed by atoms with Crippen LogP contribution in [0.25, 0.3) is 0 Å². The number of piperidine rings is 1. The molecule has 0 bridgehead atoms. The van der Waals surface area contributed by atoms with Gasteiger partial charge in [0.1, 0.15) is 5.82 Å². The van der Waals surface area contributed by atoms with E-state index < -0.39 is 0 Å². The van der Waals surface area contributed by atoms with Crippen LogP contribution < -0.4 is 5.32 Å². The summed E-state index contributed by atoms with van der Waals surface area (Å²) in [5, 5.41) is 10.3. The van der Waals surface area contributed by atoms with Crippen molar-refractivity contribution < 1.29 is 4.79 Å². The molecule has 2 aliphatic rings. The van der Waals surface area contributed by atoms with Gasteiger partial charge < -0.3 is 10.2 Å². The highest BCUT2D eigenvalue weighted by Gasteiger charge is 2.30. The van der Waals surface area contributed by atoms with Gasteiger partial charge in [0.05, 0.1) is 6.54 Å². The highest BCUT2D eigenvalue weighted by molar-refractivity contribution is 5.85. The largest absolute Gasteiger partial charge is 0.341 e. The average Bonchev–Trinajstić information content (AvgIpc) is 3.17. The van der Waals surface area contributed by atoms with Crippen molar-refractivity contribution in [1.29, 1.82) is 0 Å². The summed E-state index contributed by atoms with van der Waals surface area (Å²) < 4.78 is 0. The first kappa shape index (κ1) is 15.3. The fourth-order valence-electron chi connectivity index (χ4n) is 2.69. The van der Waals surface area contributed by atoms with Crippen molar-refractivity contribution in [3.8, 4) is 0 Å². The predicted octanol–water partition coefficient (Wildman–Crippen LogP) is 1.03. The van der Waals surface area contributed by atoms with Gasteiger partial charge in [0.15, 0.2) is 5.82 Å². The second kappa shape index (κ2) is 6.54. The summed E-state index contributed by atoms with van der Waals surface area (Å²) in [6.45, 7) is 2.02. The molecule has 1 atom stereocenters. The van der Waals surface area contributed by atoms with Crippen LogP contribution in [0.4, 0.5) is 0 Å². The number of nitrogens with zero attached hydrogens (tertiary/aromatic N) is 3. The number of likely N-dealkylation sites (tertiary alicyclic amines) is 1. The van der Waals surface area contributed by atoms with E-state index in [9.17, 15) is 4.79 Å². The molecule has 0 radical (unpaired) electrons. The maximum absolute atomic E-state index is 11.9. The van der Waals surface area contributed by atoms with Crippen LogP contribution in [0.3, 0.4) is 0 Å². The van der Waals surface area contributed by atoms with Gasteiger partial charge in [-0.2, -0.15) is 5.10 Å². The topological polar surface area (TPSA) is 73.9 Å². The number of halogens is 1. The van der Waals surface area contributed by atoms with Crippen LogP contribution in [-0.4, -0.2) is 52.7 Å². The first-order valence-corrected chi connectivity index (χ1v) is 7.12. The Morgan fingerprint density at radius 1 is 1.40 bits per heavy atom. The van der Waals surface area contributed by atoms with Crippen molar-refractivity contribution in [2.75, 3.05) is 26.7 Å². The van der Waals surface area contributed by atoms with Gasteiger partial charge in [-0.05, 0) is 32.7 Å². The Hall–Kier alpha value is -1.14. The Morgan fingerprint density at radius 3 is 2.90 bits per heavy atom. The first-order chi connectivity index (χ1) is 9.28. The van der Waals surface area contributed by atoms with E-state index in [1.54, 1.807) is 7.05 Å². The van der Waals surface area contributed by atoms with Gasteiger partial charge in [0, 0.05) is 24.9 Å². The Morgan fingerprint density at radius 2 is 2.20 bits per heavy atom. The van der Waals surface area contributed by atoms with Gasteiger partial charge in [0.25, 0.3) is 0 Å². The molecule has 0 spiro atoms. The van der Waals surface area contributed by atoms with E-state index in [1.807, 2.05) is 4.90 Å². The number of amides is 1. The van der Waals surface area contributed by atoms with Crippen molar-refractivity contribution >= 4 is 18.3 Å². The van der Waals surface area contributed by atoms with Crippen molar-refractivity contribution in [1.82, 2.24) is 25.4 Å². The van der Waals surface area contributed by atoms with E-state index >= 15 is 0 Å². The molecule has 1 aromatic heterocycles. The quantitative estimate of drug-likeness (QED) is 0.871. The van der Waals surface area contributed by atoms with Crippen LogP contribution >= 0.6 is 12.4 Å². The first-order valence-electron chi connectivity index (χ1n) is 7.12. The standard InChI is InChI=1S/C13H21N5O.ClH/c1-14-7-11(19)18-6-2-3-10(8-18)13-15-12(16-17-13)9-4-5-9;/h9-10,14H,2-8H2,1H3,(H,15,16,17);1H. The Bertz CT molecular complexity index is 459. The molecule has 1 saturated heterocycles. The van der Waals surface area contributed by atoms with Gasteiger partial charge in [-0.25, -0.2) is 4.98 Å². The number of carbonyl (C=O) groups excluding carboxylic acids is 1. The van der Waals surface area contributed by atoms with Crippen molar-refractivity contribution in [3.63, 3.8) is 0 Å². The monoisotopic (exact) mass is 299 g/mol. The summed E-state index contributed by atoms with van der Waals surface area (Å²) in [4.78, 5) is 18.5. The summed E-state index contributed by atoms with van der Waals surface area (Å²) in [5.74, 6) is 2.99. The molecule has 0 aromatic carbocycles. The van der Waals surface area contributed by atoms with E-state index in [4.69, 9.17) is 0 Å². The van der Waals surface area contributed by atoms with Crippen molar-refractivity contribution in [2.24, 2.45) is 0 Å². The molecule has 2 heterocycles. The molecule has 20 heavy (non-hydrogen) atoms. The van der Waals surface area contributed by atoms with Crippen molar-refractivity contribution in [3.05, 3.63) is 11.6 Å². The maximum atomic E-state index is 11.9. The lowest BCUT2D eigenvalue weighted by atomic mass is 9.97. The lowest BCUT2D eigenvalue weighted by Gasteiger charge is -2.31. The average molecular weight is 300 g/mol. The number of rotatable bonds is 4. The Labute approximate surface area is 125 Å². The Kier molecular flexibility index (Phi) is 4.99. The second-order valence-corrected chi connectivity index (χ2v) is 5.56. The number of nitrogens with one attached hydrogen (secondary N) is 2. The lowest BCUT2D eigenvalue weighted by Crippen LogP contribution is -2.43. The molecule has 1 aliphatic carbocycles. The molecular formula is C13H22ClN5O. The molecule has 6 nitrogen and oxygen atoms in total. The van der Waals surface area contributed by atoms with Gasteiger partial charge in [-0.15, -0.1) is 12.4 Å². The van der Waals surface area contributed by atoms with E-state index in [0.29, 0.717) is 18.4 Å². The van der Waals surface area contributed by atoms with Crippen molar-refractivity contribution in [2.45, 2.75) is 37.5 Å². The van der Waals surface area contributed by atoms with Crippen LogP contribution in [-0.2, 0) is 4.79 Å². The summed E-state index contributed by atoms with van der Waals surface area (Å²) in [7, 11) is 1.80. The molecule has 1 unspecified atom stereocenters. The van der Waals surface area contributed by atoms with E-state index in [0.717, 1.165) is 37.6 Å². The lowest BCUT2D eigenvalue weighted by molar-refractivity contribution is -0.131.